The Kier molecular flexibility index (Phi) is 29.6. The zero-order valence-corrected chi connectivity index (χ0v) is 29.4. The van der Waals surface area contributed by atoms with Gasteiger partial charge in [-0.05, 0) is 32.1 Å². The van der Waals surface area contributed by atoms with E-state index >= 15 is 0 Å². The van der Waals surface area contributed by atoms with Gasteiger partial charge in [-0.1, -0.05) is 27.7 Å². The van der Waals surface area contributed by atoms with Gasteiger partial charge in [0.15, 0.2) is 21.6 Å². The van der Waals surface area contributed by atoms with Gasteiger partial charge in [0, 0.05) is 48.0 Å². The van der Waals surface area contributed by atoms with Crippen molar-refractivity contribution in [2.24, 2.45) is 0 Å². The number of hydrogen-bond acceptors (Lipinski definition) is 14. The van der Waals surface area contributed by atoms with Crippen LogP contribution >= 0.6 is 9.03 Å². The average molecular weight is 807 g/mol. The van der Waals surface area contributed by atoms with Crippen LogP contribution in [0.25, 0.3) is 0 Å². The van der Waals surface area contributed by atoms with Crippen molar-refractivity contribution in [2.75, 3.05) is 46.8 Å². The number of aliphatic hydroxyl groups is 6. The number of aliphatic hydroxyl groups excluding tert-OH is 6. The summed E-state index contributed by atoms with van der Waals surface area (Å²) in [5.41, 5.74) is 0. The number of rotatable bonds is 18. The van der Waals surface area contributed by atoms with E-state index in [-0.39, 0.29) is 40.9 Å². The van der Waals surface area contributed by atoms with Crippen LogP contribution in [0, 0.1) is 0 Å². The van der Waals surface area contributed by atoms with Crippen LogP contribution in [0.2, 0.25) is 0 Å². The van der Waals surface area contributed by atoms with E-state index in [4.69, 9.17) is 37.8 Å². The molecule has 11 atom stereocenters. The van der Waals surface area contributed by atoms with Gasteiger partial charge in [0.05, 0.1) is 19.8 Å². The Morgan fingerprint density at radius 1 is 0.571 bits per heavy atom. The Hall–Kier alpha value is 0.558. The van der Waals surface area contributed by atoms with Gasteiger partial charge in [0.1, 0.15) is 48.8 Å². The molecule has 0 aromatic heterocycles. The molecular weight excluding hydrogens is 751 g/mol. The van der Waals surface area contributed by atoms with Crippen LogP contribution in [0.1, 0.15) is 59.8 Å². The van der Waals surface area contributed by atoms with Crippen molar-refractivity contribution < 1.29 is 89.5 Å². The third kappa shape index (κ3) is 16.2. The van der Waals surface area contributed by atoms with Crippen molar-refractivity contribution in [3.63, 3.8) is 0 Å². The van der Waals surface area contributed by atoms with E-state index in [1.165, 1.54) is 0 Å². The maximum absolute atomic E-state index is 10.3. The molecule has 2 rings (SSSR count). The van der Waals surface area contributed by atoms with E-state index in [9.17, 15) is 30.6 Å². The van der Waals surface area contributed by atoms with Gasteiger partial charge >= 0.3 is 0 Å². The Balaban J connectivity index is 0. The zero-order valence-electron chi connectivity index (χ0n) is 25.4. The average Bonchev–Trinajstić information content (AvgIpc) is 3.00. The smallest absolute Gasteiger partial charge is 0.186 e. The van der Waals surface area contributed by atoms with Crippen LogP contribution < -0.4 is 0 Å². The third-order valence-electron chi connectivity index (χ3n) is 6.17. The molecule has 42 heavy (non-hydrogen) atoms. The fraction of sp³-hybridized carbons (Fsp3) is 1.00. The first-order chi connectivity index (χ1) is 19.8. The van der Waals surface area contributed by atoms with Crippen LogP contribution in [0.5, 0.6) is 0 Å². The Labute approximate surface area is 266 Å². The van der Waals surface area contributed by atoms with Gasteiger partial charge in [0.25, 0.3) is 0 Å². The van der Waals surface area contributed by atoms with E-state index < -0.39 is 70.4 Å². The number of methoxy groups -OCH3 is 1. The monoisotopic (exact) mass is 806 g/mol. The van der Waals surface area contributed by atoms with Crippen LogP contribution in [0.4, 0.5) is 0 Å². The van der Waals surface area contributed by atoms with Crippen LogP contribution in [-0.2, 0) is 54.0 Å². The molecule has 0 spiro atoms. The molecule has 2 fully saturated rings. The topological polar surface area (TPSA) is 206 Å². The number of ether oxygens (including phenoxy) is 6. The molecule has 16 heteroatoms. The molecule has 254 valence electrons. The van der Waals surface area contributed by atoms with Gasteiger partial charge in [-0.25, -0.2) is 0 Å². The summed E-state index contributed by atoms with van der Waals surface area (Å²) in [6.45, 7) is 9.14. The summed E-state index contributed by atoms with van der Waals surface area (Å²) in [5, 5.41) is 61.6. The maximum Gasteiger partial charge on any atom is 0.186 e. The molecule has 2 heterocycles. The molecule has 0 aliphatic carbocycles. The summed E-state index contributed by atoms with van der Waals surface area (Å²) in [6.07, 6.45) is -10.2. The third-order valence-corrected chi connectivity index (χ3v) is 6.50. The van der Waals surface area contributed by atoms with Gasteiger partial charge in [-0.15, -0.1) is 0 Å². The summed E-state index contributed by atoms with van der Waals surface area (Å²) in [6, 6.07) is 0. The molecule has 0 saturated carbocycles. The van der Waals surface area contributed by atoms with Crippen molar-refractivity contribution in [2.45, 2.75) is 121 Å². The first-order valence-corrected chi connectivity index (χ1v) is 15.4. The molecular formula is C26H55O14PW. The predicted octanol–water partition coefficient (Wildman–Crippen LogP) is -0.184. The second-order valence-electron chi connectivity index (χ2n) is 9.01. The summed E-state index contributed by atoms with van der Waals surface area (Å²) in [4.78, 5) is 8.60. The SMILES string of the molecule is CC.CC.COCCCCCOC1OC(COC2OC(COCCCCOPO)C(O)C(O)C2O)C(O)C(O)C1O.[W]. The molecule has 14 nitrogen and oxygen atoms in total. The van der Waals surface area contributed by atoms with Crippen molar-refractivity contribution in [3.05, 3.63) is 0 Å². The Morgan fingerprint density at radius 2 is 1.05 bits per heavy atom. The van der Waals surface area contributed by atoms with Crippen LogP contribution in [0.15, 0.2) is 0 Å². The first-order valence-electron chi connectivity index (χ1n) is 14.5. The second-order valence-corrected chi connectivity index (χ2v) is 9.48. The van der Waals surface area contributed by atoms with Crippen molar-refractivity contribution in [1.82, 2.24) is 0 Å². The molecule has 0 radical (unpaired) electrons. The molecule has 2 aliphatic heterocycles. The minimum absolute atomic E-state index is 0. The van der Waals surface area contributed by atoms with Gasteiger partial charge in [0.2, 0.25) is 0 Å². The van der Waals surface area contributed by atoms with E-state index in [1.54, 1.807) is 7.11 Å². The largest absolute Gasteiger partial charge is 0.387 e. The minimum Gasteiger partial charge on any atom is -0.387 e. The summed E-state index contributed by atoms with van der Waals surface area (Å²) < 4.78 is 37.6. The summed E-state index contributed by atoms with van der Waals surface area (Å²) >= 11 is 0. The van der Waals surface area contributed by atoms with Crippen LogP contribution in [0.3, 0.4) is 0 Å². The molecule has 11 unspecified atom stereocenters. The number of unbranched alkanes of at least 4 members (excludes halogenated alkanes) is 3. The van der Waals surface area contributed by atoms with E-state index in [0.29, 0.717) is 39.1 Å². The maximum atomic E-state index is 10.3. The molecule has 2 aliphatic rings. The number of hydrogen-bond donors (Lipinski definition) is 7. The van der Waals surface area contributed by atoms with Crippen LogP contribution in [-0.4, -0.2) is 144 Å². The Morgan fingerprint density at radius 3 is 1.60 bits per heavy atom. The standard InChI is InChI=1S/C22H43O14P.2C2H6.W/c1-30-7-3-2-4-9-32-21-19(27)18(26)16(24)14(36-21)12-33-22-20(28)17(25)15(23)13(35-22)11-31-8-5-6-10-34-37-29;2*1-2;/h13-29,37H,2-12H2,1H3;2*1-2H3;. The fourth-order valence-corrected chi connectivity index (χ4v) is 4.16. The fourth-order valence-electron chi connectivity index (χ4n) is 3.92. The van der Waals surface area contributed by atoms with Gasteiger partial charge < -0.3 is 68.5 Å². The second kappa shape index (κ2) is 27.8. The Bertz CT molecular complexity index is 601. The van der Waals surface area contributed by atoms with E-state index in [2.05, 4.69) is 0 Å². The molecule has 0 aromatic carbocycles. The quantitative estimate of drug-likeness (QED) is 0.0710. The van der Waals surface area contributed by atoms with E-state index in [1.807, 2.05) is 27.7 Å². The zero-order chi connectivity index (χ0) is 31.2. The van der Waals surface area contributed by atoms with E-state index in [0.717, 1.165) is 12.8 Å². The van der Waals surface area contributed by atoms with Gasteiger partial charge in [-0.3, -0.25) is 0 Å². The van der Waals surface area contributed by atoms with Gasteiger partial charge in [-0.2, -0.15) is 0 Å². The predicted molar refractivity (Wildman–Crippen MR) is 150 cm³/mol. The summed E-state index contributed by atoms with van der Waals surface area (Å²) in [7, 11) is 1.05. The molecule has 7 N–H and O–H groups in total. The minimum atomic E-state index is -1.60. The van der Waals surface area contributed by atoms with Crippen molar-refractivity contribution in [1.29, 1.82) is 0 Å². The van der Waals surface area contributed by atoms with Crippen molar-refractivity contribution >= 4 is 9.03 Å². The first kappa shape index (κ1) is 44.7. The van der Waals surface area contributed by atoms with Crippen molar-refractivity contribution in [3.8, 4) is 0 Å². The molecule has 2 saturated heterocycles. The molecule has 0 amide bonds. The normalized spacial score (nSPS) is 32.9. The molecule has 0 aromatic rings. The molecule has 0 bridgehead atoms. The summed E-state index contributed by atoms with van der Waals surface area (Å²) in [5.74, 6) is 0.